The highest BCUT2D eigenvalue weighted by Gasteiger charge is 2.55. The topological polar surface area (TPSA) is 104 Å². The molecule has 60 heavy (non-hydrogen) atoms. The van der Waals surface area contributed by atoms with Crippen LogP contribution in [0.15, 0.2) is 84.9 Å². The summed E-state index contributed by atoms with van der Waals surface area (Å²) in [6, 6.07) is 27.1. The number of ketones is 3. The number of carbonyl (C=O) groups is 5. The minimum atomic E-state index is -1.35. The first-order valence-corrected chi connectivity index (χ1v) is 22.0. The summed E-state index contributed by atoms with van der Waals surface area (Å²) in [4.78, 5) is 68.6. The summed E-state index contributed by atoms with van der Waals surface area (Å²) in [7, 11) is 0. The van der Waals surface area contributed by atoms with Gasteiger partial charge in [0, 0.05) is 35.4 Å². The van der Waals surface area contributed by atoms with Gasteiger partial charge in [0.25, 0.3) is 0 Å². The number of esters is 2. The molecular formula is C53H64O7. The van der Waals surface area contributed by atoms with Crippen LogP contribution in [0.4, 0.5) is 0 Å². The highest BCUT2D eigenvalue weighted by Crippen LogP contribution is 2.46. The third-order valence-corrected chi connectivity index (χ3v) is 12.3. The minimum absolute atomic E-state index is 0.00993. The lowest BCUT2D eigenvalue weighted by molar-refractivity contribution is -0.161. The number of Topliss-reactive ketones (excluding diaryl/α,β-unsaturated/α-hetero) is 3. The molecule has 1 aliphatic rings. The number of hydrogen-bond acceptors (Lipinski definition) is 7. The van der Waals surface area contributed by atoms with E-state index in [1.165, 1.54) is 5.56 Å². The lowest BCUT2D eigenvalue weighted by Gasteiger charge is -2.44. The van der Waals surface area contributed by atoms with Gasteiger partial charge in [0.2, 0.25) is 0 Å². The summed E-state index contributed by atoms with van der Waals surface area (Å²) < 4.78 is 11.6. The molecule has 4 aromatic rings. The molecule has 7 heteroatoms. The molecule has 5 rings (SSSR count). The summed E-state index contributed by atoms with van der Waals surface area (Å²) in [5, 5.41) is 0. The smallest absolute Gasteiger partial charge is 0.320 e. The van der Waals surface area contributed by atoms with Crippen LogP contribution in [-0.2, 0) is 43.7 Å². The van der Waals surface area contributed by atoms with E-state index in [1.54, 1.807) is 37.3 Å². The van der Waals surface area contributed by atoms with Crippen molar-refractivity contribution in [1.29, 1.82) is 0 Å². The molecule has 0 bridgehead atoms. The van der Waals surface area contributed by atoms with Crippen LogP contribution in [0.5, 0.6) is 0 Å². The van der Waals surface area contributed by atoms with Gasteiger partial charge in [0.15, 0.2) is 17.3 Å². The minimum Gasteiger partial charge on any atom is -0.465 e. The number of benzene rings is 4. The molecule has 7 nitrogen and oxygen atoms in total. The first-order valence-electron chi connectivity index (χ1n) is 22.0. The van der Waals surface area contributed by atoms with Crippen LogP contribution >= 0.6 is 0 Å². The molecule has 0 aromatic heterocycles. The highest BCUT2D eigenvalue weighted by atomic mass is 16.6. The Labute approximate surface area is 357 Å². The second-order valence-corrected chi connectivity index (χ2v) is 17.5. The first kappa shape index (κ1) is 45.9. The monoisotopic (exact) mass is 812 g/mol. The number of hydrogen-bond donors (Lipinski definition) is 0. The molecule has 0 heterocycles. The van der Waals surface area contributed by atoms with Crippen molar-refractivity contribution >= 4 is 29.3 Å². The van der Waals surface area contributed by atoms with Gasteiger partial charge in [0.1, 0.15) is 12.0 Å². The van der Waals surface area contributed by atoms with Crippen molar-refractivity contribution in [2.45, 2.75) is 119 Å². The normalized spacial score (nSPS) is 16.7. The van der Waals surface area contributed by atoms with E-state index in [-0.39, 0.29) is 55.2 Å². The summed E-state index contributed by atoms with van der Waals surface area (Å²) in [6.07, 6.45) is 5.18. The summed E-state index contributed by atoms with van der Waals surface area (Å²) >= 11 is 0. The Balaban J connectivity index is 1.34. The standard InChI is InChI=1S/C53H64O7/c1-9-15-37(8)51(57)44-30-39(31-49(56)60-33-53(52(58)59-10-2)45-20-12-11-18-42(45)48(55)32-46(53)35(5)6)26-27-40(44)17-14-21-47(54)43-19-13-16-36(7)50(43)41-28-24-38(25-29-41)23-22-34(3)4/h11-13,16,18-20,24-30,34-35,37,46H,9-10,14-15,17,21-23,31-33H2,1-8H3. The number of aryl methyl sites for hydroxylation is 3. The molecule has 318 valence electrons. The van der Waals surface area contributed by atoms with Crippen molar-refractivity contribution in [3.63, 3.8) is 0 Å². The van der Waals surface area contributed by atoms with E-state index in [9.17, 15) is 24.0 Å². The van der Waals surface area contributed by atoms with E-state index >= 15 is 0 Å². The van der Waals surface area contributed by atoms with Crippen molar-refractivity contribution in [2.75, 3.05) is 13.2 Å². The van der Waals surface area contributed by atoms with E-state index in [2.05, 4.69) is 45.0 Å². The molecular weight excluding hydrogens is 749 g/mol. The van der Waals surface area contributed by atoms with Gasteiger partial charge < -0.3 is 9.47 Å². The van der Waals surface area contributed by atoms with Gasteiger partial charge in [-0.3, -0.25) is 24.0 Å². The van der Waals surface area contributed by atoms with E-state index in [1.807, 2.05) is 58.0 Å². The number of carbonyl (C=O) groups excluding carboxylic acids is 5. The molecule has 0 aliphatic heterocycles. The van der Waals surface area contributed by atoms with Gasteiger partial charge in [-0.25, -0.2) is 0 Å². The van der Waals surface area contributed by atoms with Crippen LogP contribution in [0.3, 0.4) is 0 Å². The summed E-state index contributed by atoms with van der Waals surface area (Å²) in [6.45, 7) is 16.0. The Morgan fingerprint density at radius 1 is 0.783 bits per heavy atom. The van der Waals surface area contributed by atoms with Gasteiger partial charge >= 0.3 is 11.9 Å². The fourth-order valence-electron chi connectivity index (χ4n) is 8.94. The molecule has 4 aromatic carbocycles. The van der Waals surface area contributed by atoms with Crippen molar-refractivity contribution in [1.82, 2.24) is 0 Å². The number of fused-ring (bicyclic) bond motifs is 1. The van der Waals surface area contributed by atoms with Gasteiger partial charge in [-0.1, -0.05) is 127 Å². The average molecular weight is 813 g/mol. The first-order chi connectivity index (χ1) is 28.7. The van der Waals surface area contributed by atoms with Gasteiger partial charge in [-0.15, -0.1) is 0 Å². The van der Waals surface area contributed by atoms with Crippen LogP contribution in [0, 0.1) is 30.6 Å². The van der Waals surface area contributed by atoms with Gasteiger partial charge in [0.05, 0.1) is 13.0 Å². The van der Waals surface area contributed by atoms with Crippen molar-refractivity contribution in [3.05, 3.63) is 129 Å². The Kier molecular flexibility index (Phi) is 16.0. The maximum Gasteiger partial charge on any atom is 0.320 e. The predicted molar refractivity (Wildman–Crippen MR) is 239 cm³/mol. The quantitative estimate of drug-likeness (QED) is 0.0646. The molecule has 1 aliphatic carbocycles. The molecule has 0 N–H and O–H groups in total. The molecule has 0 radical (unpaired) electrons. The number of rotatable bonds is 20. The number of ether oxygens (including phenoxy) is 2. The maximum atomic E-state index is 13.9. The van der Waals surface area contributed by atoms with Crippen molar-refractivity contribution in [2.24, 2.45) is 23.7 Å². The Bertz CT molecular complexity index is 2160. The fraction of sp³-hybridized carbons (Fsp3) is 0.453. The highest BCUT2D eigenvalue weighted by molar-refractivity contribution is 6.04. The third-order valence-electron chi connectivity index (χ3n) is 12.3. The molecule has 0 fully saturated rings. The largest absolute Gasteiger partial charge is 0.465 e. The van der Waals surface area contributed by atoms with Crippen LogP contribution in [0.1, 0.15) is 146 Å². The van der Waals surface area contributed by atoms with Gasteiger partial charge in [-0.2, -0.15) is 0 Å². The molecule has 3 unspecified atom stereocenters. The second kappa shape index (κ2) is 20.9. The van der Waals surface area contributed by atoms with E-state index < -0.39 is 23.3 Å². The Hall–Kier alpha value is -5.17. The van der Waals surface area contributed by atoms with Crippen LogP contribution < -0.4 is 0 Å². The fourth-order valence-corrected chi connectivity index (χ4v) is 8.94. The third kappa shape index (κ3) is 10.6. The molecule has 0 spiro atoms. The molecule has 3 atom stereocenters. The zero-order valence-corrected chi connectivity index (χ0v) is 37.0. The van der Waals surface area contributed by atoms with Gasteiger partial charge in [-0.05, 0) is 109 Å². The lowest BCUT2D eigenvalue weighted by Crippen LogP contribution is -2.54. The molecule has 0 saturated heterocycles. The van der Waals surface area contributed by atoms with Crippen LogP contribution in [0.25, 0.3) is 11.1 Å². The van der Waals surface area contributed by atoms with Crippen molar-refractivity contribution < 1.29 is 33.4 Å². The van der Waals surface area contributed by atoms with Crippen LogP contribution in [0.2, 0.25) is 0 Å². The maximum absolute atomic E-state index is 13.9. The molecule has 0 amide bonds. The summed E-state index contributed by atoms with van der Waals surface area (Å²) in [5.74, 6) is -1.13. The Morgan fingerprint density at radius 2 is 1.50 bits per heavy atom. The zero-order chi connectivity index (χ0) is 43.6. The zero-order valence-electron chi connectivity index (χ0n) is 37.0. The lowest BCUT2D eigenvalue weighted by atomic mass is 9.59. The van der Waals surface area contributed by atoms with E-state index in [0.717, 1.165) is 47.9 Å². The second-order valence-electron chi connectivity index (χ2n) is 17.5. The molecule has 0 saturated carbocycles. The average Bonchev–Trinajstić information content (AvgIpc) is 3.23. The van der Waals surface area contributed by atoms with E-state index in [0.29, 0.717) is 53.0 Å². The van der Waals surface area contributed by atoms with Crippen LogP contribution in [-0.4, -0.2) is 42.5 Å². The SMILES string of the molecule is CCCC(C)C(=O)c1cc(CC(=O)OCC2(C(=O)OCC)c3ccccc3C(=O)CC2C(C)C)ccc1CCCC(=O)c1cccc(C)c1-c1ccc(CCC(C)C)cc1. The predicted octanol–water partition coefficient (Wildman–Crippen LogP) is 11.5. The van der Waals surface area contributed by atoms with E-state index in [4.69, 9.17) is 9.47 Å². The Morgan fingerprint density at radius 3 is 2.18 bits per heavy atom. The summed E-state index contributed by atoms with van der Waals surface area (Å²) in [5.41, 5.74) is 6.70. The van der Waals surface area contributed by atoms with Crippen molar-refractivity contribution in [3.8, 4) is 11.1 Å².